The van der Waals surface area contributed by atoms with E-state index in [9.17, 15) is 13.2 Å². The first-order valence-electron chi connectivity index (χ1n) is 5.70. The zero-order valence-corrected chi connectivity index (χ0v) is 9.35. The van der Waals surface area contributed by atoms with Crippen LogP contribution in [0, 0.1) is 0 Å². The Bertz CT molecular complexity index is 370. The van der Waals surface area contributed by atoms with Gasteiger partial charge in [-0.1, -0.05) is 6.07 Å². The molecule has 94 valence electrons. The third-order valence-corrected chi connectivity index (χ3v) is 2.90. The van der Waals surface area contributed by atoms with Crippen molar-refractivity contribution < 1.29 is 13.2 Å². The molecule has 0 bridgehead atoms. The van der Waals surface area contributed by atoms with E-state index in [0.717, 1.165) is 31.5 Å². The molecule has 1 saturated heterocycles. The summed E-state index contributed by atoms with van der Waals surface area (Å²) in [6.45, 7) is 1.66. The van der Waals surface area contributed by atoms with E-state index in [1.165, 1.54) is 6.07 Å². The molecule has 2 rings (SSSR count). The molecule has 17 heavy (non-hydrogen) atoms. The Hall–Kier alpha value is -1.23. The fraction of sp³-hybridized carbons (Fsp3) is 0.500. The molecule has 1 atom stereocenters. The smallest absolute Gasteiger partial charge is 0.383 e. The molecule has 0 unspecified atom stereocenters. The number of halogens is 3. The van der Waals surface area contributed by atoms with Crippen molar-refractivity contribution in [2.24, 2.45) is 0 Å². The fourth-order valence-corrected chi connectivity index (χ4v) is 1.98. The molecule has 0 amide bonds. The van der Waals surface area contributed by atoms with Crippen molar-refractivity contribution in [3.8, 4) is 0 Å². The Morgan fingerprint density at radius 1 is 1.35 bits per heavy atom. The minimum Gasteiger partial charge on any atom is -0.383 e. The third-order valence-electron chi connectivity index (χ3n) is 2.90. The quantitative estimate of drug-likeness (QED) is 0.854. The van der Waals surface area contributed by atoms with Gasteiger partial charge in [0.05, 0.1) is 5.56 Å². The monoisotopic (exact) mass is 244 g/mol. The second-order valence-corrected chi connectivity index (χ2v) is 4.25. The van der Waals surface area contributed by atoms with Gasteiger partial charge in [0.2, 0.25) is 0 Å². The molecular formula is C12H15F3N2. The van der Waals surface area contributed by atoms with E-state index >= 15 is 0 Å². The second kappa shape index (κ2) is 4.96. The summed E-state index contributed by atoms with van der Waals surface area (Å²) in [5.74, 6) is 0. The Morgan fingerprint density at radius 2 is 2.18 bits per heavy atom. The van der Waals surface area contributed by atoms with Gasteiger partial charge in [-0.3, -0.25) is 0 Å². The van der Waals surface area contributed by atoms with Gasteiger partial charge in [0.1, 0.15) is 0 Å². The van der Waals surface area contributed by atoms with Crippen molar-refractivity contribution >= 4 is 5.69 Å². The lowest BCUT2D eigenvalue weighted by Crippen LogP contribution is -2.29. The van der Waals surface area contributed by atoms with Crippen LogP contribution in [-0.2, 0) is 6.18 Å². The highest BCUT2D eigenvalue weighted by Crippen LogP contribution is 2.30. The lowest BCUT2D eigenvalue weighted by molar-refractivity contribution is -0.137. The highest BCUT2D eigenvalue weighted by Gasteiger charge is 2.30. The van der Waals surface area contributed by atoms with E-state index in [0.29, 0.717) is 18.3 Å². The molecule has 0 saturated carbocycles. The molecule has 1 fully saturated rings. The number of benzene rings is 1. The van der Waals surface area contributed by atoms with Crippen LogP contribution in [0.3, 0.4) is 0 Å². The van der Waals surface area contributed by atoms with Gasteiger partial charge in [-0.05, 0) is 37.6 Å². The first kappa shape index (κ1) is 12.2. The van der Waals surface area contributed by atoms with E-state index in [2.05, 4.69) is 10.6 Å². The van der Waals surface area contributed by atoms with E-state index in [1.54, 1.807) is 6.07 Å². The summed E-state index contributed by atoms with van der Waals surface area (Å²) in [6, 6.07) is 5.68. The summed E-state index contributed by atoms with van der Waals surface area (Å²) in [4.78, 5) is 0. The van der Waals surface area contributed by atoms with Gasteiger partial charge in [-0.25, -0.2) is 0 Å². The molecule has 0 radical (unpaired) electrons. The molecular weight excluding hydrogens is 229 g/mol. The minimum absolute atomic E-state index is 0.365. The first-order chi connectivity index (χ1) is 8.05. The zero-order chi connectivity index (χ0) is 12.3. The van der Waals surface area contributed by atoms with Gasteiger partial charge in [-0.2, -0.15) is 13.2 Å². The van der Waals surface area contributed by atoms with E-state index < -0.39 is 11.7 Å². The van der Waals surface area contributed by atoms with Gasteiger partial charge in [-0.15, -0.1) is 0 Å². The summed E-state index contributed by atoms with van der Waals surface area (Å²) >= 11 is 0. The van der Waals surface area contributed by atoms with Crippen molar-refractivity contribution in [1.82, 2.24) is 5.32 Å². The number of hydrogen-bond donors (Lipinski definition) is 2. The number of anilines is 1. The van der Waals surface area contributed by atoms with Crippen LogP contribution in [0.4, 0.5) is 18.9 Å². The molecule has 0 aliphatic carbocycles. The van der Waals surface area contributed by atoms with Crippen LogP contribution < -0.4 is 10.6 Å². The molecule has 1 aliphatic heterocycles. The van der Waals surface area contributed by atoms with Crippen LogP contribution in [0.2, 0.25) is 0 Å². The number of hydrogen-bond acceptors (Lipinski definition) is 2. The highest BCUT2D eigenvalue weighted by molar-refractivity contribution is 5.46. The van der Waals surface area contributed by atoms with Gasteiger partial charge in [0.25, 0.3) is 0 Å². The molecule has 2 nitrogen and oxygen atoms in total. The maximum atomic E-state index is 12.5. The predicted molar refractivity (Wildman–Crippen MR) is 61.0 cm³/mol. The fourth-order valence-electron chi connectivity index (χ4n) is 1.98. The number of alkyl halides is 3. The van der Waals surface area contributed by atoms with Crippen LogP contribution >= 0.6 is 0 Å². The molecule has 2 N–H and O–H groups in total. The van der Waals surface area contributed by atoms with E-state index in [4.69, 9.17) is 0 Å². The van der Waals surface area contributed by atoms with Crippen LogP contribution in [0.25, 0.3) is 0 Å². The molecule has 1 aromatic carbocycles. The number of rotatable bonds is 3. The lowest BCUT2D eigenvalue weighted by atomic mass is 10.2. The summed E-state index contributed by atoms with van der Waals surface area (Å²) in [5.41, 5.74) is -0.0876. The normalized spacial score (nSPS) is 20.5. The molecule has 1 aromatic rings. The topological polar surface area (TPSA) is 24.1 Å². The first-order valence-corrected chi connectivity index (χ1v) is 5.70. The Morgan fingerprint density at radius 3 is 2.82 bits per heavy atom. The predicted octanol–water partition coefficient (Wildman–Crippen LogP) is 2.87. The summed E-state index contributed by atoms with van der Waals surface area (Å²) in [5, 5.41) is 6.32. The van der Waals surface area contributed by atoms with Crippen molar-refractivity contribution in [3.05, 3.63) is 29.8 Å². The molecule has 1 aliphatic rings. The van der Waals surface area contributed by atoms with Crippen LogP contribution in [0.1, 0.15) is 18.4 Å². The summed E-state index contributed by atoms with van der Waals surface area (Å²) in [7, 11) is 0. The highest BCUT2D eigenvalue weighted by atomic mass is 19.4. The summed E-state index contributed by atoms with van der Waals surface area (Å²) in [6.07, 6.45) is -2.07. The van der Waals surface area contributed by atoms with E-state index in [-0.39, 0.29) is 0 Å². The van der Waals surface area contributed by atoms with Crippen molar-refractivity contribution in [2.75, 3.05) is 18.4 Å². The molecule has 5 heteroatoms. The van der Waals surface area contributed by atoms with Gasteiger partial charge in [0.15, 0.2) is 0 Å². The number of nitrogens with one attached hydrogen (secondary N) is 2. The maximum Gasteiger partial charge on any atom is 0.416 e. The average Bonchev–Trinajstić information content (AvgIpc) is 2.78. The standard InChI is InChI=1S/C12H15F3N2/c13-12(14,15)9-3-1-4-10(7-9)17-8-11-5-2-6-16-11/h1,3-4,7,11,16-17H,2,5-6,8H2/t11-/m0/s1. The average molecular weight is 244 g/mol. The third kappa shape index (κ3) is 3.36. The van der Waals surface area contributed by atoms with Gasteiger partial charge >= 0.3 is 6.18 Å². The lowest BCUT2D eigenvalue weighted by Gasteiger charge is -2.14. The van der Waals surface area contributed by atoms with Crippen molar-refractivity contribution in [3.63, 3.8) is 0 Å². The van der Waals surface area contributed by atoms with Crippen LogP contribution in [0.5, 0.6) is 0 Å². The molecule has 0 spiro atoms. The van der Waals surface area contributed by atoms with Gasteiger partial charge < -0.3 is 10.6 Å². The Labute approximate surface area is 98.2 Å². The van der Waals surface area contributed by atoms with Crippen molar-refractivity contribution in [1.29, 1.82) is 0 Å². The largest absolute Gasteiger partial charge is 0.416 e. The molecule has 1 heterocycles. The van der Waals surface area contributed by atoms with E-state index in [1.807, 2.05) is 0 Å². The minimum atomic E-state index is -4.27. The Balaban J connectivity index is 1.96. The van der Waals surface area contributed by atoms with Crippen LogP contribution in [-0.4, -0.2) is 19.1 Å². The van der Waals surface area contributed by atoms with Crippen LogP contribution in [0.15, 0.2) is 24.3 Å². The zero-order valence-electron chi connectivity index (χ0n) is 9.35. The second-order valence-electron chi connectivity index (χ2n) is 4.25. The SMILES string of the molecule is FC(F)(F)c1cccc(NC[C@@H]2CCCN2)c1. The summed E-state index contributed by atoms with van der Waals surface area (Å²) < 4.78 is 37.4. The van der Waals surface area contributed by atoms with Gasteiger partial charge in [0, 0.05) is 18.3 Å². The molecule has 0 aromatic heterocycles. The van der Waals surface area contributed by atoms with Crippen molar-refractivity contribution in [2.45, 2.75) is 25.1 Å². The maximum absolute atomic E-state index is 12.5. The Kier molecular flexibility index (Phi) is 3.57.